The number of rotatable bonds is 8. The van der Waals surface area contributed by atoms with Crippen molar-refractivity contribution in [1.29, 1.82) is 5.26 Å². The molecule has 1 N–H and O–H groups in total. The van der Waals surface area contributed by atoms with Gasteiger partial charge in [-0.05, 0) is 31.9 Å². The first-order chi connectivity index (χ1) is 12.3. The van der Waals surface area contributed by atoms with E-state index in [1.807, 2.05) is 45.0 Å². The number of amides is 1. The van der Waals surface area contributed by atoms with Crippen molar-refractivity contribution in [2.45, 2.75) is 50.2 Å². The van der Waals surface area contributed by atoms with Crippen molar-refractivity contribution >= 4 is 28.7 Å². The van der Waals surface area contributed by atoms with Crippen molar-refractivity contribution in [3.05, 3.63) is 24.3 Å². The zero-order valence-corrected chi connectivity index (χ0v) is 16.8. The molecule has 0 aliphatic heterocycles. The van der Waals surface area contributed by atoms with Gasteiger partial charge in [0.25, 0.3) is 0 Å². The number of nitriles is 1. The number of ether oxygens (including phenoxy) is 1. The maximum Gasteiger partial charge on any atom is 0.234 e. The lowest BCUT2D eigenvalue weighted by atomic mass is 9.90. The standard InChI is InChI=1S/C19H26N4O2S/c1-13(2)19(4,12-20)22-17(24)14(3)26-18-21-15-8-6-7-9-16(15)23(18)10-11-25-5/h6-9,13-14H,10-11H2,1-5H3,(H,22,24). The van der Waals surface area contributed by atoms with Crippen molar-refractivity contribution in [2.75, 3.05) is 13.7 Å². The van der Waals surface area contributed by atoms with Crippen LogP contribution in [-0.4, -0.2) is 40.0 Å². The highest BCUT2D eigenvalue weighted by atomic mass is 32.2. The van der Waals surface area contributed by atoms with E-state index in [1.165, 1.54) is 11.8 Å². The van der Waals surface area contributed by atoms with Gasteiger partial charge in [0, 0.05) is 13.7 Å². The maximum absolute atomic E-state index is 12.6. The van der Waals surface area contributed by atoms with Crippen LogP contribution in [-0.2, 0) is 16.1 Å². The number of para-hydroxylation sites is 2. The Labute approximate surface area is 158 Å². The molecule has 0 spiro atoms. The Morgan fingerprint density at radius 2 is 2.12 bits per heavy atom. The number of imidazole rings is 1. The van der Waals surface area contributed by atoms with Crippen LogP contribution in [0.25, 0.3) is 11.0 Å². The molecular formula is C19H26N4O2S. The van der Waals surface area contributed by atoms with Gasteiger partial charge >= 0.3 is 0 Å². The van der Waals surface area contributed by atoms with Crippen molar-refractivity contribution in [2.24, 2.45) is 5.92 Å². The van der Waals surface area contributed by atoms with Crippen LogP contribution in [0.5, 0.6) is 0 Å². The van der Waals surface area contributed by atoms with Crippen LogP contribution in [0.1, 0.15) is 27.7 Å². The van der Waals surface area contributed by atoms with E-state index in [-0.39, 0.29) is 17.1 Å². The zero-order chi connectivity index (χ0) is 19.3. The number of thioether (sulfide) groups is 1. The van der Waals surface area contributed by atoms with Gasteiger partial charge in [-0.3, -0.25) is 4.79 Å². The number of nitrogens with zero attached hydrogens (tertiary/aromatic N) is 3. The maximum atomic E-state index is 12.6. The third-order valence-corrected chi connectivity index (χ3v) is 5.65. The van der Waals surface area contributed by atoms with Gasteiger partial charge in [-0.25, -0.2) is 4.98 Å². The van der Waals surface area contributed by atoms with E-state index < -0.39 is 5.54 Å². The topological polar surface area (TPSA) is 79.9 Å². The fraction of sp³-hybridized carbons (Fsp3) is 0.526. The molecule has 1 aromatic heterocycles. The second kappa shape index (κ2) is 8.56. The third-order valence-electron chi connectivity index (χ3n) is 4.56. The van der Waals surface area contributed by atoms with Crippen LogP contribution in [0.2, 0.25) is 0 Å². The van der Waals surface area contributed by atoms with E-state index in [4.69, 9.17) is 4.74 Å². The van der Waals surface area contributed by atoms with E-state index >= 15 is 0 Å². The summed E-state index contributed by atoms with van der Waals surface area (Å²) in [5.41, 5.74) is 1.02. The molecule has 0 aliphatic carbocycles. The van der Waals surface area contributed by atoms with E-state index in [9.17, 15) is 10.1 Å². The highest BCUT2D eigenvalue weighted by Gasteiger charge is 2.32. The summed E-state index contributed by atoms with van der Waals surface area (Å²) in [4.78, 5) is 17.3. The van der Waals surface area contributed by atoms with Crippen molar-refractivity contribution < 1.29 is 9.53 Å². The largest absolute Gasteiger partial charge is 0.383 e. The van der Waals surface area contributed by atoms with Gasteiger partial charge in [0.15, 0.2) is 5.16 Å². The number of carbonyl (C=O) groups excluding carboxylic acids is 1. The average Bonchev–Trinajstić information content (AvgIpc) is 2.96. The number of methoxy groups -OCH3 is 1. The van der Waals surface area contributed by atoms with Crippen LogP contribution < -0.4 is 5.32 Å². The lowest BCUT2D eigenvalue weighted by Gasteiger charge is -2.28. The molecule has 2 atom stereocenters. The van der Waals surface area contributed by atoms with E-state index in [0.717, 1.165) is 16.2 Å². The first-order valence-electron chi connectivity index (χ1n) is 8.66. The van der Waals surface area contributed by atoms with Gasteiger partial charge in [-0.15, -0.1) is 0 Å². The minimum Gasteiger partial charge on any atom is -0.383 e. The molecule has 26 heavy (non-hydrogen) atoms. The van der Waals surface area contributed by atoms with E-state index in [1.54, 1.807) is 14.0 Å². The number of carbonyl (C=O) groups is 1. The van der Waals surface area contributed by atoms with Crippen LogP contribution in [0.3, 0.4) is 0 Å². The smallest absolute Gasteiger partial charge is 0.234 e. The summed E-state index contributed by atoms with van der Waals surface area (Å²) in [5.74, 6) is -0.155. The first kappa shape index (κ1) is 20.3. The highest BCUT2D eigenvalue weighted by molar-refractivity contribution is 8.00. The highest BCUT2D eigenvalue weighted by Crippen LogP contribution is 2.28. The van der Waals surface area contributed by atoms with Crippen molar-refractivity contribution in [1.82, 2.24) is 14.9 Å². The molecule has 2 unspecified atom stereocenters. The predicted octanol–water partition coefficient (Wildman–Crippen LogP) is 3.22. The Morgan fingerprint density at radius 3 is 2.73 bits per heavy atom. The Kier molecular flexibility index (Phi) is 6.68. The lowest BCUT2D eigenvalue weighted by molar-refractivity contribution is -0.121. The second-order valence-corrected chi connectivity index (χ2v) is 8.05. The number of hydrogen-bond acceptors (Lipinski definition) is 5. The molecule has 2 rings (SSSR count). The summed E-state index contributed by atoms with van der Waals surface area (Å²) in [6.45, 7) is 8.65. The van der Waals surface area contributed by atoms with Crippen LogP contribution in [0, 0.1) is 17.2 Å². The fourth-order valence-corrected chi connectivity index (χ4v) is 3.36. The van der Waals surface area contributed by atoms with Crippen LogP contribution >= 0.6 is 11.8 Å². The Bertz CT molecular complexity index is 811. The van der Waals surface area contributed by atoms with Crippen LogP contribution in [0.4, 0.5) is 0 Å². The fourth-order valence-electron chi connectivity index (χ4n) is 2.41. The predicted molar refractivity (Wildman–Crippen MR) is 104 cm³/mol. The Morgan fingerprint density at radius 1 is 1.42 bits per heavy atom. The van der Waals surface area contributed by atoms with Crippen LogP contribution in [0.15, 0.2) is 29.4 Å². The summed E-state index contributed by atoms with van der Waals surface area (Å²) < 4.78 is 7.27. The van der Waals surface area contributed by atoms with Gasteiger partial charge in [-0.1, -0.05) is 37.7 Å². The summed E-state index contributed by atoms with van der Waals surface area (Å²) in [5, 5.41) is 12.7. The molecule has 0 saturated heterocycles. The molecule has 140 valence electrons. The Hall–Kier alpha value is -2.04. The monoisotopic (exact) mass is 374 g/mol. The average molecular weight is 375 g/mol. The molecule has 0 bridgehead atoms. The Balaban J connectivity index is 2.21. The van der Waals surface area contributed by atoms with Crippen molar-refractivity contribution in [3.8, 4) is 6.07 Å². The van der Waals surface area contributed by atoms with Gasteiger partial charge < -0.3 is 14.6 Å². The van der Waals surface area contributed by atoms with Gasteiger partial charge in [0.05, 0.1) is 29.0 Å². The normalized spacial score (nSPS) is 14.8. The van der Waals surface area contributed by atoms with Crippen molar-refractivity contribution in [3.63, 3.8) is 0 Å². The van der Waals surface area contributed by atoms with Gasteiger partial charge in [-0.2, -0.15) is 5.26 Å². The molecule has 0 radical (unpaired) electrons. The molecule has 0 aliphatic rings. The zero-order valence-electron chi connectivity index (χ0n) is 15.9. The summed E-state index contributed by atoms with van der Waals surface area (Å²) >= 11 is 1.39. The van der Waals surface area contributed by atoms with Gasteiger partial charge in [0.1, 0.15) is 5.54 Å². The first-order valence-corrected chi connectivity index (χ1v) is 9.54. The molecule has 7 heteroatoms. The molecule has 2 aromatic rings. The summed E-state index contributed by atoms with van der Waals surface area (Å²) in [7, 11) is 1.66. The number of aromatic nitrogens is 2. The number of fused-ring (bicyclic) bond motifs is 1. The molecule has 0 saturated carbocycles. The third kappa shape index (κ3) is 4.37. The number of benzene rings is 1. The minimum atomic E-state index is -0.887. The molecule has 1 amide bonds. The van der Waals surface area contributed by atoms with E-state index in [0.29, 0.717) is 13.2 Å². The summed E-state index contributed by atoms with van der Waals surface area (Å²) in [6.07, 6.45) is 0. The van der Waals surface area contributed by atoms with Gasteiger partial charge in [0.2, 0.25) is 5.91 Å². The molecule has 1 aromatic carbocycles. The van der Waals surface area contributed by atoms with E-state index in [2.05, 4.69) is 20.9 Å². The SMILES string of the molecule is COCCn1c(SC(C)C(=O)NC(C)(C#N)C(C)C)nc2ccccc21. The minimum absolute atomic E-state index is 0.0138. The second-order valence-electron chi connectivity index (χ2n) is 6.75. The quantitative estimate of drug-likeness (QED) is 0.718. The number of nitrogens with one attached hydrogen (secondary N) is 1. The lowest BCUT2D eigenvalue weighted by Crippen LogP contribution is -2.51. The molecule has 1 heterocycles. The number of hydrogen-bond donors (Lipinski definition) is 1. The molecule has 0 fully saturated rings. The summed E-state index contributed by atoms with van der Waals surface area (Å²) in [6, 6.07) is 10.1. The molecular weight excluding hydrogens is 348 g/mol. The molecule has 6 nitrogen and oxygen atoms in total.